The van der Waals surface area contributed by atoms with E-state index in [0.29, 0.717) is 12.5 Å². The Morgan fingerprint density at radius 3 is 2.25 bits per heavy atom. The number of carbonyl (C=O) groups excluding carboxylic acids is 1. The minimum atomic E-state index is 0.130. The molecule has 0 saturated carbocycles. The molecule has 0 radical (unpaired) electrons. The van der Waals surface area contributed by atoms with Gasteiger partial charge in [-0.05, 0) is 56.2 Å². The van der Waals surface area contributed by atoms with Crippen LogP contribution in [0.5, 0.6) is 0 Å². The normalized spacial score (nSPS) is 19.1. The van der Waals surface area contributed by atoms with E-state index in [4.69, 9.17) is 4.42 Å². The standard InChI is InChI=1S/C27H35N3O2/c1-20-8-12-28(13-9-20)19-23-16-24-26(32-23)17-25(27(31)29-14-10-21(2)11-15-29)30(24)18-22-6-4-3-5-7-22/h3-7,16-17,20-21H,8-15,18-19H2,1-2H3. The molecule has 2 fully saturated rings. The molecule has 0 bridgehead atoms. The minimum Gasteiger partial charge on any atom is -0.458 e. The third-order valence-electron chi connectivity index (χ3n) is 7.37. The fraction of sp³-hybridized carbons (Fsp3) is 0.519. The molecule has 0 N–H and O–H groups in total. The zero-order chi connectivity index (χ0) is 22.1. The molecule has 0 spiro atoms. The number of carbonyl (C=O) groups is 1. The highest BCUT2D eigenvalue weighted by Crippen LogP contribution is 2.29. The second-order valence-electron chi connectivity index (χ2n) is 10.00. The Balaban J connectivity index is 1.44. The van der Waals surface area contributed by atoms with Crippen LogP contribution in [0.2, 0.25) is 0 Å². The number of piperidine rings is 2. The van der Waals surface area contributed by atoms with E-state index in [-0.39, 0.29) is 5.91 Å². The third kappa shape index (κ3) is 4.49. The largest absolute Gasteiger partial charge is 0.458 e. The van der Waals surface area contributed by atoms with Crippen molar-refractivity contribution in [3.63, 3.8) is 0 Å². The lowest BCUT2D eigenvalue weighted by Crippen LogP contribution is -2.38. The van der Waals surface area contributed by atoms with Crippen LogP contribution in [0.3, 0.4) is 0 Å². The number of likely N-dealkylation sites (tertiary alicyclic amines) is 2. The molecule has 1 amide bonds. The van der Waals surface area contributed by atoms with Crippen LogP contribution in [-0.4, -0.2) is 46.5 Å². The first-order valence-corrected chi connectivity index (χ1v) is 12.2. The Morgan fingerprint density at radius 2 is 1.56 bits per heavy atom. The Bertz CT molecular complexity index is 1050. The van der Waals surface area contributed by atoms with E-state index >= 15 is 0 Å². The van der Waals surface area contributed by atoms with Crippen molar-refractivity contribution in [2.24, 2.45) is 11.8 Å². The van der Waals surface area contributed by atoms with Gasteiger partial charge in [0, 0.05) is 31.8 Å². The molecule has 0 aliphatic carbocycles. The monoisotopic (exact) mass is 433 g/mol. The predicted molar refractivity (Wildman–Crippen MR) is 128 cm³/mol. The number of fused-ring (bicyclic) bond motifs is 1. The van der Waals surface area contributed by atoms with Crippen molar-refractivity contribution in [2.45, 2.75) is 52.6 Å². The average Bonchev–Trinajstić information content (AvgIpc) is 3.34. The highest BCUT2D eigenvalue weighted by atomic mass is 16.3. The first-order valence-electron chi connectivity index (χ1n) is 12.2. The summed E-state index contributed by atoms with van der Waals surface area (Å²) in [4.78, 5) is 18.0. The summed E-state index contributed by atoms with van der Waals surface area (Å²) in [6.45, 7) is 10.1. The van der Waals surface area contributed by atoms with Crippen LogP contribution >= 0.6 is 0 Å². The van der Waals surface area contributed by atoms with Gasteiger partial charge in [-0.1, -0.05) is 44.2 Å². The molecule has 2 aromatic heterocycles. The first-order chi connectivity index (χ1) is 15.6. The van der Waals surface area contributed by atoms with Gasteiger partial charge >= 0.3 is 0 Å². The summed E-state index contributed by atoms with van der Waals surface area (Å²) >= 11 is 0. The summed E-state index contributed by atoms with van der Waals surface area (Å²) < 4.78 is 8.44. The van der Waals surface area contributed by atoms with Crippen LogP contribution in [-0.2, 0) is 13.1 Å². The Morgan fingerprint density at radius 1 is 0.906 bits per heavy atom. The van der Waals surface area contributed by atoms with Crippen molar-refractivity contribution in [1.29, 1.82) is 0 Å². The van der Waals surface area contributed by atoms with Crippen LogP contribution < -0.4 is 0 Å². The zero-order valence-corrected chi connectivity index (χ0v) is 19.4. The van der Waals surface area contributed by atoms with E-state index in [1.54, 1.807) is 0 Å². The fourth-order valence-corrected chi connectivity index (χ4v) is 5.10. The van der Waals surface area contributed by atoms with E-state index in [9.17, 15) is 4.79 Å². The summed E-state index contributed by atoms with van der Waals surface area (Å²) in [6.07, 6.45) is 4.68. The topological polar surface area (TPSA) is 41.6 Å². The van der Waals surface area contributed by atoms with Crippen molar-refractivity contribution in [3.8, 4) is 0 Å². The molecule has 3 aromatic rings. The summed E-state index contributed by atoms with van der Waals surface area (Å²) in [7, 11) is 0. The Labute approximate surface area is 191 Å². The molecule has 2 aliphatic heterocycles. The van der Waals surface area contributed by atoms with Gasteiger partial charge in [-0.15, -0.1) is 0 Å². The van der Waals surface area contributed by atoms with Gasteiger partial charge in [0.15, 0.2) is 5.58 Å². The lowest BCUT2D eigenvalue weighted by molar-refractivity contribution is 0.0687. The van der Waals surface area contributed by atoms with Crippen molar-refractivity contribution in [1.82, 2.24) is 14.4 Å². The van der Waals surface area contributed by atoms with E-state index in [1.165, 1.54) is 18.4 Å². The zero-order valence-electron chi connectivity index (χ0n) is 19.4. The minimum absolute atomic E-state index is 0.130. The molecule has 2 aliphatic rings. The van der Waals surface area contributed by atoms with Gasteiger partial charge in [-0.3, -0.25) is 9.69 Å². The van der Waals surface area contributed by atoms with Crippen LogP contribution in [0.15, 0.2) is 46.9 Å². The molecule has 2 saturated heterocycles. The van der Waals surface area contributed by atoms with Crippen LogP contribution in [0.25, 0.3) is 11.1 Å². The predicted octanol–water partition coefficient (Wildman–Crippen LogP) is 5.39. The number of hydrogen-bond donors (Lipinski definition) is 0. The van der Waals surface area contributed by atoms with Crippen LogP contribution in [0, 0.1) is 11.8 Å². The number of hydrogen-bond acceptors (Lipinski definition) is 3. The van der Waals surface area contributed by atoms with Gasteiger partial charge in [-0.25, -0.2) is 0 Å². The third-order valence-corrected chi connectivity index (χ3v) is 7.37. The van der Waals surface area contributed by atoms with E-state index in [1.807, 2.05) is 17.0 Å². The van der Waals surface area contributed by atoms with Crippen LogP contribution in [0.4, 0.5) is 0 Å². The quantitative estimate of drug-likeness (QED) is 0.542. The fourth-order valence-electron chi connectivity index (χ4n) is 5.10. The molecule has 0 unspecified atom stereocenters. The van der Waals surface area contributed by atoms with E-state index in [0.717, 1.165) is 74.0 Å². The molecule has 5 heteroatoms. The molecule has 32 heavy (non-hydrogen) atoms. The second kappa shape index (κ2) is 9.14. The maximum Gasteiger partial charge on any atom is 0.270 e. The Hall–Kier alpha value is -2.53. The van der Waals surface area contributed by atoms with Gasteiger partial charge in [0.05, 0.1) is 12.1 Å². The number of furan rings is 1. The number of aromatic nitrogens is 1. The van der Waals surface area contributed by atoms with Crippen LogP contribution in [0.1, 0.15) is 61.3 Å². The lowest BCUT2D eigenvalue weighted by atomic mass is 9.99. The molecule has 1 aromatic carbocycles. The van der Waals surface area contributed by atoms with Crippen molar-refractivity contribution >= 4 is 17.0 Å². The molecular formula is C27H35N3O2. The molecule has 4 heterocycles. The summed E-state index contributed by atoms with van der Waals surface area (Å²) in [5.74, 6) is 2.65. The summed E-state index contributed by atoms with van der Waals surface area (Å²) in [6, 6.07) is 14.5. The maximum atomic E-state index is 13.5. The Kier molecular flexibility index (Phi) is 6.09. The maximum absolute atomic E-state index is 13.5. The number of amides is 1. The van der Waals surface area contributed by atoms with Gasteiger partial charge < -0.3 is 13.9 Å². The average molecular weight is 434 g/mol. The number of rotatable bonds is 5. The smallest absolute Gasteiger partial charge is 0.270 e. The number of benzene rings is 1. The highest BCUT2D eigenvalue weighted by Gasteiger charge is 2.27. The van der Waals surface area contributed by atoms with Crippen molar-refractivity contribution in [2.75, 3.05) is 26.2 Å². The van der Waals surface area contributed by atoms with Gasteiger partial charge in [0.2, 0.25) is 0 Å². The van der Waals surface area contributed by atoms with E-state index in [2.05, 4.69) is 53.6 Å². The summed E-state index contributed by atoms with van der Waals surface area (Å²) in [5, 5.41) is 0. The highest BCUT2D eigenvalue weighted by molar-refractivity contribution is 5.97. The molecule has 5 rings (SSSR count). The van der Waals surface area contributed by atoms with Gasteiger partial charge in [0.25, 0.3) is 5.91 Å². The van der Waals surface area contributed by atoms with Crippen molar-refractivity contribution in [3.05, 3.63) is 59.5 Å². The second-order valence-corrected chi connectivity index (χ2v) is 10.00. The number of nitrogens with zero attached hydrogens (tertiary/aromatic N) is 3. The van der Waals surface area contributed by atoms with Gasteiger partial charge in [-0.2, -0.15) is 0 Å². The SMILES string of the molecule is CC1CCN(Cc2cc3c(cc(C(=O)N4CCC(C)CC4)n3Cc3ccccc3)o2)CC1. The lowest BCUT2D eigenvalue weighted by Gasteiger charge is -2.30. The molecule has 5 nitrogen and oxygen atoms in total. The molecule has 0 atom stereocenters. The molecule has 170 valence electrons. The van der Waals surface area contributed by atoms with Crippen molar-refractivity contribution < 1.29 is 9.21 Å². The summed E-state index contributed by atoms with van der Waals surface area (Å²) in [5.41, 5.74) is 3.80. The first kappa shape index (κ1) is 21.3. The van der Waals surface area contributed by atoms with Gasteiger partial charge in [0.1, 0.15) is 11.5 Å². The van der Waals surface area contributed by atoms with E-state index < -0.39 is 0 Å². The molecular weight excluding hydrogens is 398 g/mol.